The van der Waals surface area contributed by atoms with Crippen LogP contribution in [0.25, 0.3) is 0 Å². The molecule has 1 aromatic heterocycles. The lowest BCUT2D eigenvalue weighted by atomic mass is 10.2. The van der Waals surface area contributed by atoms with Crippen LogP contribution in [0.1, 0.15) is 30.9 Å². The molecule has 0 fully saturated rings. The van der Waals surface area contributed by atoms with Gasteiger partial charge in [0, 0.05) is 44.0 Å². The first-order chi connectivity index (χ1) is 20.1. The van der Waals surface area contributed by atoms with Crippen molar-refractivity contribution < 1.29 is 14.0 Å². The maximum absolute atomic E-state index is 13.6. The summed E-state index contributed by atoms with van der Waals surface area (Å²) in [6.07, 6.45) is 6.02. The third-order valence-corrected chi connectivity index (χ3v) is 6.22. The zero-order chi connectivity index (χ0) is 30.5. The van der Waals surface area contributed by atoms with Gasteiger partial charge in [0.05, 0.1) is 11.8 Å². The maximum Gasteiger partial charge on any atom is 0.246 e. The minimum atomic E-state index is -0.598. The molecular weight excluding hydrogens is 533 g/mol. The van der Waals surface area contributed by atoms with E-state index in [1.807, 2.05) is 50.2 Å². The molecule has 10 heteroatoms. The molecule has 1 heterocycles. The van der Waals surface area contributed by atoms with Crippen LogP contribution in [0.3, 0.4) is 0 Å². The number of aromatic nitrogens is 2. The molecule has 3 rings (SSSR count). The van der Waals surface area contributed by atoms with Gasteiger partial charge < -0.3 is 25.8 Å². The van der Waals surface area contributed by atoms with Gasteiger partial charge in [-0.1, -0.05) is 41.7 Å². The van der Waals surface area contributed by atoms with Crippen molar-refractivity contribution in [2.45, 2.75) is 32.7 Å². The molecule has 3 N–H and O–H groups in total. The minimum absolute atomic E-state index is 0.222. The van der Waals surface area contributed by atoms with E-state index in [1.165, 1.54) is 23.1 Å². The summed E-state index contributed by atoms with van der Waals surface area (Å²) in [5.74, 6) is 6.24. The summed E-state index contributed by atoms with van der Waals surface area (Å²) in [6.45, 7) is 4.78. The summed E-state index contributed by atoms with van der Waals surface area (Å²) in [5.41, 5.74) is 3.10. The Morgan fingerprint density at radius 2 is 1.83 bits per heavy atom. The van der Waals surface area contributed by atoms with Gasteiger partial charge in [-0.05, 0) is 64.7 Å². The molecule has 0 aliphatic heterocycles. The highest BCUT2D eigenvalue weighted by Gasteiger charge is 2.20. The fourth-order valence-electron chi connectivity index (χ4n) is 3.64. The SMILES string of the molecule is Cc1ccc(Nc2nc(Nc3cccc(F)c3)ncc2C#CCCCNC(=O)[C@H](C)N(C)C(=O)/C=C/CN(C)C)cc1. The zero-order valence-corrected chi connectivity index (χ0v) is 24.7. The number of carbonyl (C=O) groups excluding carboxylic acids is 2. The number of amides is 2. The van der Waals surface area contributed by atoms with Crippen molar-refractivity contribution in [3.05, 3.63) is 83.8 Å². The first kappa shape index (κ1) is 31.8. The number of hydrogen-bond acceptors (Lipinski definition) is 7. The van der Waals surface area contributed by atoms with Crippen molar-refractivity contribution in [2.75, 3.05) is 44.9 Å². The number of carbonyl (C=O) groups is 2. The summed E-state index contributed by atoms with van der Waals surface area (Å²) in [6, 6.07) is 13.3. The van der Waals surface area contributed by atoms with Gasteiger partial charge in [-0.15, -0.1) is 0 Å². The molecule has 0 radical (unpaired) electrons. The van der Waals surface area contributed by atoms with E-state index in [9.17, 15) is 14.0 Å². The van der Waals surface area contributed by atoms with Gasteiger partial charge >= 0.3 is 0 Å². The highest BCUT2D eigenvalue weighted by Crippen LogP contribution is 2.22. The smallest absolute Gasteiger partial charge is 0.246 e. The van der Waals surface area contributed by atoms with Crippen LogP contribution in [0.2, 0.25) is 0 Å². The van der Waals surface area contributed by atoms with Crippen LogP contribution in [0.5, 0.6) is 0 Å². The number of halogens is 1. The van der Waals surface area contributed by atoms with Crippen molar-refractivity contribution in [1.82, 2.24) is 25.1 Å². The summed E-state index contributed by atoms with van der Waals surface area (Å²) >= 11 is 0. The Hall–Kier alpha value is -4.75. The summed E-state index contributed by atoms with van der Waals surface area (Å²) in [4.78, 5) is 37.1. The Kier molecular flexibility index (Phi) is 12.0. The molecule has 42 heavy (non-hydrogen) atoms. The van der Waals surface area contributed by atoms with Crippen molar-refractivity contribution in [3.8, 4) is 11.8 Å². The second-order valence-electron chi connectivity index (χ2n) is 10.1. The number of nitrogens with zero attached hydrogens (tertiary/aromatic N) is 4. The Labute approximate surface area is 247 Å². The molecule has 1 atom stereocenters. The van der Waals surface area contributed by atoms with Crippen molar-refractivity contribution in [3.63, 3.8) is 0 Å². The van der Waals surface area contributed by atoms with Crippen molar-refractivity contribution >= 4 is 35.0 Å². The van der Waals surface area contributed by atoms with E-state index >= 15 is 0 Å². The lowest BCUT2D eigenvalue weighted by Gasteiger charge is -2.23. The van der Waals surface area contributed by atoms with E-state index < -0.39 is 6.04 Å². The van der Waals surface area contributed by atoms with Crippen LogP contribution in [0.15, 0.2) is 66.9 Å². The molecule has 2 aromatic carbocycles. The topological polar surface area (TPSA) is 102 Å². The Balaban J connectivity index is 1.59. The number of benzene rings is 2. The van der Waals surface area contributed by atoms with Gasteiger partial charge in [0.25, 0.3) is 0 Å². The first-order valence-electron chi connectivity index (χ1n) is 13.7. The largest absolute Gasteiger partial charge is 0.354 e. The molecule has 0 aliphatic carbocycles. The number of nitrogens with one attached hydrogen (secondary N) is 3. The Bertz CT molecular complexity index is 1450. The van der Waals surface area contributed by atoms with E-state index in [0.717, 1.165) is 11.3 Å². The number of hydrogen-bond donors (Lipinski definition) is 3. The lowest BCUT2D eigenvalue weighted by Crippen LogP contribution is -2.45. The van der Waals surface area contributed by atoms with Crippen molar-refractivity contribution in [2.24, 2.45) is 0 Å². The molecule has 0 saturated heterocycles. The number of rotatable bonds is 12. The quantitative estimate of drug-likeness (QED) is 0.166. The predicted molar refractivity (Wildman–Crippen MR) is 165 cm³/mol. The van der Waals surface area contributed by atoms with E-state index in [-0.39, 0.29) is 17.6 Å². The lowest BCUT2D eigenvalue weighted by molar-refractivity contribution is -0.135. The third kappa shape index (κ3) is 10.3. The van der Waals surface area contributed by atoms with E-state index in [0.29, 0.717) is 48.9 Å². The van der Waals surface area contributed by atoms with Crippen LogP contribution in [0.4, 0.5) is 27.5 Å². The van der Waals surface area contributed by atoms with Crippen LogP contribution < -0.4 is 16.0 Å². The van der Waals surface area contributed by atoms with Gasteiger partial charge in [-0.3, -0.25) is 9.59 Å². The molecule has 9 nitrogen and oxygen atoms in total. The van der Waals surface area contributed by atoms with Crippen molar-refractivity contribution in [1.29, 1.82) is 0 Å². The Morgan fingerprint density at radius 3 is 2.55 bits per heavy atom. The second kappa shape index (κ2) is 15.9. The Morgan fingerprint density at radius 1 is 1.07 bits per heavy atom. The average molecular weight is 572 g/mol. The number of anilines is 4. The maximum atomic E-state index is 13.6. The molecule has 2 amide bonds. The van der Waals surface area contributed by atoms with E-state index in [4.69, 9.17) is 0 Å². The monoisotopic (exact) mass is 571 g/mol. The third-order valence-electron chi connectivity index (χ3n) is 6.22. The molecule has 0 bridgehead atoms. The number of likely N-dealkylation sites (N-methyl/N-ethyl adjacent to an activating group) is 2. The van der Waals surface area contributed by atoms with Gasteiger partial charge in [-0.25, -0.2) is 9.37 Å². The van der Waals surface area contributed by atoms with Crippen LogP contribution in [-0.4, -0.2) is 71.9 Å². The van der Waals surface area contributed by atoms with Crippen LogP contribution >= 0.6 is 0 Å². The van der Waals surface area contributed by atoms with Gasteiger partial charge in [0.15, 0.2) is 5.82 Å². The van der Waals surface area contributed by atoms with Gasteiger partial charge in [-0.2, -0.15) is 4.98 Å². The average Bonchev–Trinajstić information content (AvgIpc) is 2.95. The van der Waals surface area contributed by atoms with E-state index in [2.05, 4.69) is 37.8 Å². The highest BCUT2D eigenvalue weighted by molar-refractivity contribution is 5.92. The molecular formula is C32H38FN7O2. The molecule has 3 aromatic rings. The number of aryl methyl sites for hydroxylation is 1. The first-order valence-corrected chi connectivity index (χ1v) is 13.7. The van der Waals surface area contributed by atoms with E-state index in [1.54, 1.807) is 38.4 Å². The van der Waals surface area contributed by atoms with Crippen LogP contribution in [-0.2, 0) is 9.59 Å². The fourth-order valence-corrected chi connectivity index (χ4v) is 3.64. The minimum Gasteiger partial charge on any atom is -0.354 e. The second-order valence-corrected chi connectivity index (χ2v) is 10.1. The van der Waals surface area contributed by atoms with Crippen LogP contribution in [0, 0.1) is 24.6 Å². The molecule has 0 spiro atoms. The summed E-state index contributed by atoms with van der Waals surface area (Å²) in [5, 5.41) is 9.18. The molecule has 0 unspecified atom stereocenters. The summed E-state index contributed by atoms with van der Waals surface area (Å²) in [7, 11) is 5.44. The zero-order valence-electron chi connectivity index (χ0n) is 24.7. The number of unbranched alkanes of at least 4 members (excludes halogenated alkanes) is 1. The summed E-state index contributed by atoms with van der Waals surface area (Å²) < 4.78 is 13.6. The standard InChI is InChI=1S/C32H38FN7O2/c1-23-15-17-27(18-16-23)36-30-25(22-35-32(38-30)37-28-13-9-12-26(33)21-28)11-7-6-8-19-34-31(42)24(2)40(5)29(41)14-10-20-39(3)4/h9-10,12-18,21-22,24H,6,8,19-20H2,1-5H3,(H,34,42)(H2,35,36,37,38)/b14-10+/t24-/m0/s1. The fraction of sp³-hybridized carbons (Fsp3) is 0.312. The predicted octanol–water partition coefficient (Wildman–Crippen LogP) is 4.62. The van der Waals surface area contributed by atoms with Gasteiger partial charge in [0.1, 0.15) is 11.9 Å². The highest BCUT2D eigenvalue weighted by atomic mass is 19.1. The normalized spacial score (nSPS) is 11.5. The van der Waals surface area contributed by atoms with Gasteiger partial charge in [0.2, 0.25) is 17.8 Å². The molecule has 0 aliphatic rings. The molecule has 0 saturated carbocycles. The molecule has 220 valence electrons.